The number of anilines is 2. The van der Waals surface area contributed by atoms with Crippen LogP contribution in [-0.4, -0.2) is 46.0 Å². The average molecular weight is 607 g/mol. The normalized spacial score (nSPS) is 17.3. The molecule has 4 aromatic rings. The lowest BCUT2D eigenvalue weighted by atomic mass is 9.87. The van der Waals surface area contributed by atoms with Gasteiger partial charge in [0.2, 0.25) is 0 Å². The van der Waals surface area contributed by atoms with E-state index in [0.717, 1.165) is 22.7 Å². The lowest BCUT2D eigenvalue weighted by Crippen LogP contribution is -2.49. The molecule has 216 valence electrons. The van der Waals surface area contributed by atoms with Crippen LogP contribution in [-0.2, 0) is 0 Å². The van der Waals surface area contributed by atoms with Crippen LogP contribution in [0, 0.1) is 13.8 Å². The minimum absolute atomic E-state index is 0.223. The second-order valence-electron chi connectivity index (χ2n) is 10.4. The number of nitrogens with zero attached hydrogens (tertiary/aromatic N) is 2. The van der Waals surface area contributed by atoms with Gasteiger partial charge in [0.25, 0.3) is 0 Å². The van der Waals surface area contributed by atoms with E-state index in [-0.39, 0.29) is 32.0 Å². The summed E-state index contributed by atoms with van der Waals surface area (Å²) >= 11 is 2.21. The highest BCUT2D eigenvalue weighted by Gasteiger charge is 2.80. The zero-order chi connectivity index (χ0) is 30.1. The summed E-state index contributed by atoms with van der Waals surface area (Å²) < 4.78 is 95.4. The molecule has 41 heavy (non-hydrogen) atoms. The molecule has 2 nitrogen and oxygen atoms in total. The number of benzene rings is 2. The molecule has 0 radical (unpaired) electrons. The molecule has 0 saturated carbocycles. The van der Waals surface area contributed by atoms with Crippen LogP contribution in [0.5, 0.6) is 0 Å². The summed E-state index contributed by atoms with van der Waals surface area (Å²) in [5.74, 6) is -16.0. The summed E-state index contributed by atoms with van der Waals surface area (Å²) in [5, 5.41) is 1.01. The summed E-state index contributed by atoms with van der Waals surface area (Å²) in [7, 11) is 6.80. The molecule has 1 aliphatic rings. The Kier molecular flexibility index (Phi) is 7.10. The van der Waals surface area contributed by atoms with Crippen molar-refractivity contribution in [1.82, 2.24) is 0 Å². The Balaban J connectivity index is 2.01. The van der Waals surface area contributed by atoms with Crippen LogP contribution in [0.1, 0.15) is 20.9 Å². The Morgan fingerprint density at radius 1 is 0.512 bits per heavy atom. The van der Waals surface area contributed by atoms with Crippen molar-refractivity contribution in [3.63, 3.8) is 0 Å². The third kappa shape index (κ3) is 4.21. The van der Waals surface area contributed by atoms with E-state index < -0.39 is 28.9 Å². The highest BCUT2D eigenvalue weighted by molar-refractivity contribution is 7.17. The summed E-state index contributed by atoms with van der Waals surface area (Å²) in [6.45, 7) is 3.02. The van der Waals surface area contributed by atoms with E-state index in [1.165, 1.54) is 13.8 Å². The van der Waals surface area contributed by atoms with Gasteiger partial charge in [-0.15, -0.1) is 22.7 Å². The third-order valence-electron chi connectivity index (χ3n) is 7.24. The topological polar surface area (TPSA) is 6.48 Å². The quantitative estimate of drug-likeness (QED) is 0.202. The van der Waals surface area contributed by atoms with Crippen molar-refractivity contribution >= 4 is 43.8 Å². The van der Waals surface area contributed by atoms with Gasteiger partial charge < -0.3 is 9.80 Å². The highest BCUT2D eigenvalue weighted by atomic mass is 32.1. The third-order valence-corrected chi connectivity index (χ3v) is 9.78. The SMILES string of the molecule is Cc1sc(N(C)C)c(-c2ccccc2)c1C1=C(c2c(C)sc(N(C)C)c2-c2ccccc2)C(F)(F)C(F)(F)C1(F)F. The fourth-order valence-electron chi connectivity index (χ4n) is 5.43. The van der Waals surface area contributed by atoms with E-state index >= 15 is 26.3 Å². The van der Waals surface area contributed by atoms with E-state index in [1.54, 1.807) is 98.7 Å². The molecule has 0 spiro atoms. The summed E-state index contributed by atoms with van der Waals surface area (Å²) in [4.78, 5) is 3.86. The van der Waals surface area contributed by atoms with E-state index in [9.17, 15) is 0 Å². The van der Waals surface area contributed by atoms with Crippen LogP contribution in [0.2, 0.25) is 0 Å². The van der Waals surface area contributed by atoms with Gasteiger partial charge in [-0.1, -0.05) is 60.7 Å². The number of halogens is 6. The molecule has 0 fully saturated rings. The fraction of sp³-hybridized carbons (Fsp3) is 0.290. The number of aryl methyl sites for hydroxylation is 2. The maximum Gasteiger partial charge on any atom is 0.380 e. The lowest BCUT2D eigenvalue weighted by molar-refractivity contribution is -0.254. The maximum atomic E-state index is 16.1. The molecule has 10 heteroatoms. The number of thiophene rings is 2. The lowest BCUT2D eigenvalue weighted by Gasteiger charge is -2.26. The fourth-order valence-corrected chi connectivity index (χ4v) is 7.63. The van der Waals surface area contributed by atoms with Crippen LogP contribution in [0.3, 0.4) is 0 Å². The first-order valence-electron chi connectivity index (χ1n) is 12.8. The van der Waals surface area contributed by atoms with Gasteiger partial charge in [0, 0.05) is 71.3 Å². The molecule has 2 aromatic carbocycles. The standard InChI is InChI=1S/C31H28F6N2S2/c1-17-21(23(27(40-17)38(3)4)19-13-9-7-10-14-19)25-26(30(34,35)31(36,37)29(25,32)33)22-18(2)41-28(39(5)6)24(22)20-15-11-8-12-16-20/h7-16H,1-6H3. The Labute approximate surface area is 243 Å². The van der Waals surface area contributed by atoms with Crippen molar-refractivity contribution in [3.8, 4) is 22.3 Å². The minimum atomic E-state index is -5.66. The van der Waals surface area contributed by atoms with Gasteiger partial charge in [-0.3, -0.25) is 0 Å². The number of rotatable bonds is 6. The predicted octanol–water partition coefficient (Wildman–Crippen LogP) is 9.72. The van der Waals surface area contributed by atoms with Crippen molar-refractivity contribution in [1.29, 1.82) is 0 Å². The largest absolute Gasteiger partial charge is 0.380 e. The van der Waals surface area contributed by atoms with Gasteiger partial charge >= 0.3 is 17.8 Å². The maximum absolute atomic E-state index is 16.1. The first kappa shape index (κ1) is 29.3. The molecule has 0 N–H and O–H groups in total. The van der Waals surface area contributed by atoms with E-state index in [0.29, 0.717) is 21.1 Å². The molecule has 0 aliphatic heterocycles. The summed E-state index contributed by atoms with van der Waals surface area (Å²) in [5.41, 5.74) is -1.82. The predicted molar refractivity (Wildman–Crippen MR) is 159 cm³/mol. The van der Waals surface area contributed by atoms with Crippen molar-refractivity contribution < 1.29 is 26.3 Å². The van der Waals surface area contributed by atoms with Gasteiger partial charge in [-0.2, -0.15) is 26.3 Å². The molecule has 2 aromatic heterocycles. The summed E-state index contributed by atoms with van der Waals surface area (Å²) in [6, 6.07) is 16.9. The molecule has 1 aliphatic carbocycles. The number of hydrogen-bond acceptors (Lipinski definition) is 4. The molecule has 2 heterocycles. The van der Waals surface area contributed by atoms with Gasteiger partial charge in [0.1, 0.15) is 0 Å². The van der Waals surface area contributed by atoms with Crippen molar-refractivity contribution in [2.75, 3.05) is 38.0 Å². The second-order valence-corrected chi connectivity index (χ2v) is 12.8. The van der Waals surface area contributed by atoms with Gasteiger partial charge in [0.05, 0.1) is 10.0 Å². The smallest absolute Gasteiger partial charge is 0.369 e. The van der Waals surface area contributed by atoms with Gasteiger partial charge in [-0.05, 0) is 25.0 Å². The van der Waals surface area contributed by atoms with Crippen molar-refractivity contribution in [3.05, 3.63) is 81.5 Å². The zero-order valence-electron chi connectivity index (χ0n) is 23.3. The Hall–Kier alpha value is -3.24. The van der Waals surface area contributed by atoms with Crippen molar-refractivity contribution in [2.24, 2.45) is 0 Å². The Morgan fingerprint density at radius 2 is 0.829 bits per heavy atom. The minimum Gasteiger partial charge on any atom is -0.369 e. The van der Waals surface area contributed by atoms with Crippen LogP contribution in [0.15, 0.2) is 60.7 Å². The Morgan fingerprint density at radius 3 is 1.12 bits per heavy atom. The number of alkyl halides is 6. The zero-order valence-corrected chi connectivity index (χ0v) is 24.9. The molecule has 5 rings (SSSR count). The van der Waals surface area contributed by atoms with E-state index in [1.807, 2.05) is 0 Å². The molecular weight excluding hydrogens is 578 g/mol. The molecule has 0 unspecified atom stereocenters. The molecule has 0 amide bonds. The van der Waals surface area contributed by atoms with Gasteiger partial charge in [0.15, 0.2) is 0 Å². The monoisotopic (exact) mass is 606 g/mol. The van der Waals surface area contributed by atoms with Crippen molar-refractivity contribution in [2.45, 2.75) is 31.6 Å². The summed E-state index contributed by atoms with van der Waals surface area (Å²) in [6.07, 6.45) is 0. The molecule has 0 bridgehead atoms. The molecule has 0 atom stereocenters. The van der Waals surface area contributed by atoms with E-state index in [4.69, 9.17) is 0 Å². The highest BCUT2D eigenvalue weighted by Crippen LogP contribution is 2.68. The first-order chi connectivity index (χ1) is 19.1. The van der Waals surface area contributed by atoms with Crippen LogP contribution in [0.25, 0.3) is 33.4 Å². The van der Waals surface area contributed by atoms with Crippen LogP contribution < -0.4 is 9.80 Å². The average Bonchev–Trinajstić information content (AvgIpc) is 3.47. The molecular formula is C31H28F6N2S2. The second kappa shape index (κ2) is 9.94. The molecule has 0 saturated heterocycles. The first-order valence-corrected chi connectivity index (χ1v) is 14.4. The number of hydrogen-bond donors (Lipinski definition) is 0. The van der Waals surface area contributed by atoms with Crippen LogP contribution in [0.4, 0.5) is 36.3 Å². The Bertz CT molecular complexity index is 1510. The van der Waals surface area contributed by atoms with Crippen LogP contribution >= 0.6 is 22.7 Å². The number of allylic oxidation sites excluding steroid dienone is 2. The van der Waals surface area contributed by atoms with E-state index in [2.05, 4.69) is 0 Å². The van der Waals surface area contributed by atoms with Gasteiger partial charge in [-0.25, -0.2) is 0 Å².